The molecule has 4 rings (SSSR count). The molecule has 0 unspecified atom stereocenters. The minimum atomic E-state index is 0.672. The number of hydrogen-bond donors (Lipinski definition) is 2. The first-order chi connectivity index (χ1) is 11.3. The maximum Gasteiger partial charge on any atom is 0.148 e. The maximum absolute atomic E-state index is 6.20. The average Bonchev–Trinajstić information content (AvgIpc) is 3.22. The van der Waals surface area contributed by atoms with Gasteiger partial charge in [0.05, 0.1) is 22.4 Å². The number of anilines is 1. The van der Waals surface area contributed by atoms with Crippen molar-refractivity contribution in [2.45, 2.75) is 6.54 Å². The number of nitrogens with zero attached hydrogens (tertiary/aromatic N) is 3. The molecule has 0 aliphatic rings. The van der Waals surface area contributed by atoms with Gasteiger partial charge in [-0.1, -0.05) is 35.9 Å². The number of H-pyrrole nitrogens is 1. The van der Waals surface area contributed by atoms with Crippen LogP contribution in [0.25, 0.3) is 16.6 Å². The van der Waals surface area contributed by atoms with E-state index in [9.17, 15) is 0 Å². The normalized spacial score (nSPS) is 11.0. The summed E-state index contributed by atoms with van der Waals surface area (Å²) in [6, 6.07) is 15.7. The highest BCUT2D eigenvalue weighted by Gasteiger charge is 2.06. The zero-order valence-electron chi connectivity index (χ0n) is 12.2. The van der Waals surface area contributed by atoms with Gasteiger partial charge in [-0.3, -0.25) is 5.10 Å². The first-order valence-corrected chi connectivity index (χ1v) is 7.64. The van der Waals surface area contributed by atoms with Crippen molar-refractivity contribution in [3.63, 3.8) is 0 Å². The molecule has 2 aromatic heterocycles. The number of nitrogens with one attached hydrogen (secondary N) is 2. The highest BCUT2D eigenvalue weighted by Crippen LogP contribution is 2.21. The van der Waals surface area contributed by atoms with Crippen LogP contribution in [0.4, 0.5) is 5.82 Å². The van der Waals surface area contributed by atoms with Gasteiger partial charge in [-0.05, 0) is 23.8 Å². The molecule has 0 fully saturated rings. The second-order valence-electron chi connectivity index (χ2n) is 5.20. The largest absolute Gasteiger partial charge is 0.364 e. The van der Waals surface area contributed by atoms with Crippen LogP contribution in [0.1, 0.15) is 5.56 Å². The smallest absolute Gasteiger partial charge is 0.148 e. The molecule has 0 aliphatic heterocycles. The fourth-order valence-corrected chi connectivity index (χ4v) is 2.78. The van der Waals surface area contributed by atoms with E-state index in [2.05, 4.69) is 26.7 Å². The van der Waals surface area contributed by atoms with E-state index < -0.39 is 0 Å². The number of rotatable bonds is 4. The summed E-state index contributed by atoms with van der Waals surface area (Å²) in [5.41, 5.74) is 3.06. The standard InChI is InChI=1S/C17H14ClN5/c18-14-5-1-2-7-16(14)23-9-8-17(22-23)19-10-12-4-3-6-15-13(12)11-20-21-15/h1-9,11H,10H2,(H,19,22)(H,20,21). The second kappa shape index (κ2) is 5.78. The van der Waals surface area contributed by atoms with Gasteiger partial charge in [0.25, 0.3) is 0 Å². The highest BCUT2D eigenvalue weighted by atomic mass is 35.5. The summed E-state index contributed by atoms with van der Waals surface area (Å²) >= 11 is 6.20. The number of para-hydroxylation sites is 1. The Labute approximate surface area is 137 Å². The van der Waals surface area contributed by atoms with Gasteiger partial charge in [-0.25, -0.2) is 4.68 Å². The lowest BCUT2D eigenvalue weighted by Gasteiger charge is -2.05. The molecule has 2 heterocycles. The molecule has 0 bridgehead atoms. The third kappa shape index (κ3) is 2.66. The Hall–Kier alpha value is -2.79. The van der Waals surface area contributed by atoms with Crippen molar-refractivity contribution < 1.29 is 0 Å². The molecule has 0 atom stereocenters. The van der Waals surface area contributed by atoms with Crippen molar-refractivity contribution in [2.24, 2.45) is 0 Å². The molecule has 0 radical (unpaired) electrons. The molecule has 0 aliphatic carbocycles. The fraction of sp³-hybridized carbons (Fsp3) is 0.0588. The summed E-state index contributed by atoms with van der Waals surface area (Å²) in [6.45, 7) is 0.677. The predicted octanol–water partition coefficient (Wildman–Crippen LogP) is 4.01. The Morgan fingerprint density at radius 3 is 2.91 bits per heavy atom. The van der Waals surface area contributed by atoms with Crippen LogP contribution in [-0.2, 0) is 6.54 Å². The molecule has 0 amide bonds. The molecule has 0 saturated carbocycles. The summed E-state index contributed by atoms with van der Waals surface area (Å²) in [5.74, 6) is 0.797. The average molecular weight is 324 g/mol. The minimum Gasteiger partial charge on any atom is -0.364 e. The first kappa shape index (κ1) is 13.8. The van der Waals surface area contributed by atoms with E-state index in [0.29, 0.717) is 11.6 Å². The molecule has 5 nitrogen and oxygen atoms in total. The predicted molar refractivity (Wildman–Crippen MR) is 92.0 cm³/mol. The van der Waals surface area contributed by atoms with Crippen molar-refractivity contribution in [2.75, 3.05) is 5.32 Å². The van der Waals surface area contributed by atoms with Crippen LogP contribution in [-0.4, -0.2) is 20.0 Å². The number of aromatic amines is 1. The van der Waals surface area contributed by atoms with Gasteiger partial charge < -0.3 is 5.32 Å². The van der Waals surface area contributed by atoms with Gasteiger partial charge in [0.2, 0.25) is 0 Å². The molecule has 0 saturated heterocycles. The molecule has 0 spiro atoms. The Balaban J connectivity index is 1.54. The van der Waals surface area contributed by atoms with Crippen LogP contribution in [0.2, 0.25) is 5.02 Å². The lowest BCUT2D eigenvalue weighted by Crippen LogP contribution is -2.02. The van der Waals surface area contributed by atoms with Crippen molar-refractivity contribution in [1.29, 1.82) is 0 Å². The maximum atomic E-state index is 6.20. The molecular formula is C17H14ClN5. The zero-order chi connectivity index (χ0) is 15.6. The molecule has 2 aromatic carbocycles. The van der Waals surface area contributed by atoms with Crippen molar-refractivity contribution in [3.8, 4) is 5.69 Å². The van der Waals surface area contributed by atoms with Gasteiger partial charge in [0, 0.05) is 24.2 Å². The molecule has 114 valence electrons. The zero-order valence-corrected chi connectivity index (χ0v) is 13.0. The summed E-state index contributed by atoms with van der Waals surface area (Å²) in [5, 5.41) is 16.7. The monoisotopic (exact) mass is 323 g/mol. The summed E-state index contributed by atoms with van der Waals surface area (Å²) in [4.78, 5) is 0. The lowest BCUT2D eigenvalue weighted by molar-refractivity contribution is 0.878. The van der Waals surface area contributed by atoms with Crippen LogP contribution in [0.5, 0.6) is 0 Å². The van der Waals surface area contributed by atoms with Crippen LogP contribution in [0.3, 0.4) is 0 Å². The molecule has 23 heavy (non-hydrogen) atoms. The first-order valence-electron chi connectivity index (χ1n) is 7.27. The van der Waals surface area contributed by atoms with E-state index >= 15 is 0 Å². The van der Waals surface area contributed by atoms with E-state index in [-0.39, 0.29) is 0 Å². The Morgan fingerprint density at radius 2 is 2.00 bits per heavy atom. The number of benzene rings is 2. The van der Waals surface area contributed by atoms with Crippen LogP contribution >= 0.6 is 11.6 Å². The SMILES string of the molecule is Clc1ccccc1-n1ccc(NCc2cccc3[nH]ncc23)n1. The molecule has 4 aromatic rings. The van der Waals surface area contributed by atoms with Crippen molar-refractivity contribution >= 4 is 28.3 Å². The van der Waals surface area contributed by atoms with E-state index in [0.717, 1.165) is 22.4 Å². The van der Waals surface area contributed by atoms with E-state index in [1.54, 1.807) is 4.68 Å². The Morgan fingerprint density at radius 1 is 1.09 bits per heavy atom. The minimum absolute atomic E-state index is 0.672. The molecule has 2 N–H and O–H groups in total. The van der Waals surface area contributed by atoms with Crippen LogP contribution < -0.4 is 5.32 Å². The Kier molecular flexibility index (Phi) is 3.48. The number of fused-ring (bicyclic) bond motifs is 1. The van der Waals surface area contributed by atoms with Crippen LogP contribution in [0.15, 0.2) is 60.9 Å². The van der Waals surface area contributed by atoms with E-state index in [4.69, 9.17) is 11.6 Å². The third-order valence-corrected chi connectivity index (χ3v) is 4.04. The number of halogens is 1. The summed E-state index contributed by atoms with van der Waals surface area (Å²) in [6.07, 6.45) is 3.73. The number of hydrogen-bond acceptors (Lipinski definition) is 3. The molecular weight excluding hydrogens is 310 g/mol. The van der Waals surface area contributed by atoms with E-state index in [1.807, 2.05) is 54.9 Å². The second-order valence-corrected chi connectivity index (χ2v) is 5.61. The Bertz CT molecular complexity index is 956. The summed E-state index contributed by atoms with van der Waals surface area (Å²) < 4.78 is 1.77. The molecule has 6 heteroatoms. The number of aromatic nitrogens is 4. The fourth-order valence-electron chi connectivity index (χ4n) is 2.56. The quantitative estimate of drug-likeness (QED) is 0.596. The van der Waals surface area contributed by atoms with Gasteiger partial charge >= 0.3 is 0 Å². The lowest BCUT2D eigenvalue weighted by atomic mass is 10.1. The van der Waals surface area contributed by atoms with Crippen LogP contribution in [0, 0.1) is 0 Å². The topological polar surface area (TPSA) is 58.5 Å². The van der Waals surface area contributed by atoms with Gasteiger partial charge in [0.15, 0.2) is 0 Å². The van der Waals surface area contributed by atoms with E-state index in [1.165, 1.54) is 5.56 Å². The van der Waals surface area contributed by atoms with Gasteiger partial charge in [-0.15, -0.1) is 0 Å². The van der Waals surface area contributed by atoms with Gasteiger partial charge in [-0.2, -0.15) is 10.2 Å². The third-order valence-electron chi connectivity index (χ3n) is 3.72. The van der Waals surface area contributed by atoms with Gasteiger partial charge in [0.1, 0.15) is 5.82 Å². The van der Waals surface area contributed by atoms with Crippen molar-refractivity contribution in [1.82, 2.24) is 20.0 Å². The van der Waals surface area contributed by atoms with Crippen molar-refractivity contribution in [3.05, 3.63) is 71.5 Å². The summed E-state index contributed by atoms with van der Waals surface area (Å²) in [7, 11) is 0. The highest BCUT2D eigenvalue weighted by molar-refractivity contribution is 6.32.